The highest BCUT2D eigenvalue weighted by Gasteiger charge is 2.40. The quantitative estimate of drug-likeness (QED) is 0.152. The van der Waals surface area contributed by atoms with Gasteiger partial charge in [0.2, 0.25) is 0 Å². The summed E-state index contributed by atoms with van der Waals surface area (Å²) < 4.78 is 4.69. The SMILES string of the molecule is CCCCCCc1ccc([C@H]2[C@H](C)CC(Cl)[C@@H]2C/C=C\CCCC(=O)OC)cc1. The molecule has 1 unspecified atom stereocenters. The van der Waals surface area contributed by atoms with Crippen molar-refractivity contribution in [2.75, 3.05) is 7.11 Å². The first-order chi connectivity index (χ1) is 14.1. The minimum atomic E-state index is -0.127. The van der Waals surface area contributed by atoms with Gasteiger partial charge in [-0.15, -0.1) is 11.6 Å². The Morgan fingerprint density at radius 3 is 2.59 bits per heavy atom. The summed E-state index contributed by atoms with van der Waals surface area (Å²) in [5.74, 6) is 1.51. The van der Waals surface area contributed by atoms with Crippen LogP contribution in [0.5, 0.6) is 0 Å². The van der Waals surface area contributed by atoms with E-state index in [-0.39, 0.29) is 11.3 Å². The standard InChI is InChI=1S/C26H39ClO2/c1-4-5-6-9-12-21-15-17-22(18-16-21)26-20(2)19-24(27)23(26)13-10-7-8-11-14-25(28)29-3/h7,10,15-18,20,23-24,26H,4-6,8-9,11-14,19H2,1-3H3/b10-7-/t20-,23+,24?,26-/m1/s1. The average Bonchev–Trinajstić information content (AvgIpc) is 3.01. The second-order valence-corrected chi connectivity index (χ2v) is 9.21. The molecule has 0 heterocycles. The molecule has 1 aromatic rings. The van der Waals surface area contributed by atoms with Crippen molar-refractivity contribution in [2.24, 2.45) is 11.8 Å². The van der Waals surface area contributed by atoms with Gasteiger partial charge >= 0.3 is 5.97 Å². The van der Waals surface area contributed by atoms with Gasteiger partial charge in [0.15, 0.2) is 0 Å². The summed E-state index contributed by atoms with van der Waals surface area (Å²) >= 11 is 6.75. The topological polar surface area (TPSA) is 26.3 Å². The first kappa shape index (κ1) is 24.0. The number of alkyl halides is 1. The minimum absolute atomic E-state index is 0.127. The van der Waals surface area contributed by atoms with Crippen molar-refractivity contribution in [1.29, 1.82) is 0 Å². The van der Waals surface area contributed by atoms with Crippen LogP contribution in [0.15, 0.2) is 36.4 Å². The van der Waals surface area contributed by atoms with Gasteiger partial charge in [0.1, 0.15) is 0 Å². The number of ether oxygens (including phenoxy) is 1. The predicted molar refractivity (Wildman–Crippen MR) is 124 cm³/mol. The van der Waals surface area contributed by atoms with Gasteiger partial charge in [0, 0.05) is 11.8 Å². The van der Waals surface area contributed by atoms with E-state index in [1.54, 1.807) is 0 Å². The largest absolute Gasteiger partial charge is 0.469 e. The van der Waals surface area contributed by atoms with E-state index in [0.29, 0.717) is 24.2 Å². The van der Waals surface area contributed by atoms with Crippen LogP contribution in [0.3, 0.4) is 0 Å². The number of hydrogen-bond acceptors (Lipinski definition) is 2. The first-order valence-electron chi connectivity index (χ1n) is 11.5. The summed E-state index contributed by atoms with van der Waals surface area (Å²) in [6.07, 6.45) is 15.3. The molecule has 2 nitrogen and oxygen atoms in total. The zero-order valence-electron chi connectivity index (χ0n) is 18.5. The fourth-order valence-electron chi connectivity index (χ4n) is 4.69. The van der Waals surface area contributed by atoms with Crippen LogP contribution >= 0.6 is 11.6 Å². The molecule has 0 amide bonds. The maximum Gasteiger partial charge on any atom is 0.305 e. The molecule has 0 spiro atoms. The van der Waals surface area contributed by atoms with Gasteiger partial charge in [0.05, 0.1) is 7.11 Å². The van der Waals surface area contributed by atoms with Crippen LogP contribution in [0.2, 0.25) is 0 Å². The molecule has 1 aromatic carbocycles. The average molecular weight is 419 g/mol. The molecule has 0 saturated heterocycles. The van der Waals surface area contributed by atoms with E-state index in [1.165, 1.54) is 50.3 Å². The molecule has 0 bridgehead atoms. The Morgan fingerprint density at radius 2 is 1.90 bits per heavy atom. The molecule has 2 rings (SSSR count). The lowest BCUT2D eigenvalue weighted by molar-refractivity contribution is -0.140. The van der Waals surface area contributed by atoms with Gasteiger partial charge in [0.25, 0.3) is 0 Å². The lowest BCUT2D eigenvalue weighted by atomic mass is 9.82. The van der Waals surface area contributed by atoms with Crippen molar-refractivity contribution in [3.05, 3.63) is 47.5 Å². The molecule has 4 atom stereocenters. The molecule has 0 N–H and O–H groups in total. The molecule has 162 valence electrons. The van der Waals surface area contributed by atoms with E-state index in [4.69, 9.17) is 11.6 Å². The van der Waals surface area contributed by atoms with Gasteiger partial charge in [-0.25, -0.2) is 0 Å². The Labute approximate surface area is 183 Å². The van der Waals surface area contributed by atoms with Crippen LogP contribution in [-0.2, 0) is 16.0 Å². The second kappa shape index (κ2) is 13.1. The number of methoxy groups -OCH3 is 1. The van der Waals surface area contributed by atoms with E-state index in [2.05, 4.69) is 55.0 Å². The van der Waals surface area contributed by atoms with E-state index in [1.807, 2.05) is 0 Å². The Balaban J connectivity index is 1.89. The minimum Gasteiger partial charge on any atom is -0.469 e. The molecule has 1 aliphatic rings. The van der Waals surface area contributed by atoms with Crippen molar-refractivity contribution in [1.82, 2.24) is 0 Å². The number of halogens is 1. The van der Waals surface area contributed by atoms with Crippen LogP contribution in [0, 0.1) is 11.8 Å². The van der Waals surface area contributed by atoms with Crippen molar-refractivity contribution >= 4 is 17.6 Å². The Bertz CT molecular complexity index is 622. The smallest absolute Gasteiger partial charge is 0.305 e. The number of hydrogen-bond donors (Lipinski definition) is 0. The molecular formula is C26H39ClO2. The molecule has 29 heavy (non-hydrogen) atoms. The van der Waals surface area contributed by atoms with Crippen molar-refractivity contribution < 1.29 is 9.53 Å². The summed E-state index contributed by atoms with van der Waals surface area (Å²) in [4.78, 5) is 11.2. The van der Waals surface area contributed by atoms with Crippen LogP contribution in [0.4, 0.5) is 0 Å². The molecule has 1 aliphatic carbocycles. The van der Waals surface area contributed by atoms with Crippen molar-refractivity contribution in [3.63, 3.8) is 0 Å². The van der Waals surface area contributed by atoms with Crippen LogP contribution in [0.25, 0.3) is 0 Å². The van der Waals surface area contributed by atoms with Gasteiger partial charge in [-0.3, -0.25) is 4.79 Å². The fourth-order valence-corrected chi connectivity index (χ4v) is 5.23. The number of carbonyl (C=O) groups is 1. The number of esters is 1. The molecular weight excluding hydrogens is 380 g/mol. The maximum atomic E-state index is 11.2. The summed E-state index contributed by atoms with van der Waals surface area (Å²) in [6.45, 7) is 4.61. The number of carbonyl (C=O) groups excluding carboxylic acids is 1. The molecule has 3 heteroatoms. The Hall–Kier alpha value is -1.28. The van der Waals surface area contributed by atoms with Gasteiger partial charge in [-0.2, -0.15) is 0 Å². The molecule has 0 radical (unpaired) electrons. The number of aryl methyl sites for hydroxylation is 1. The maximum absolute atomic E-state index is 11.2. The van der Waals surface area contributed by atoms with E-state index < -0.39 is 0 Å². The van der Waals surface area contributed by atoms with Gasteiger partial charge < -0.3 is 4.74 Å². The zero-order chi connectivity index (χ0) is 21.1. The molecule has 0 aliphatic heterocycles. The summed E-state index contributed by atoms with van der Waals surface area (Å²) in [5.41, 5.74) is 2.90. The lowest BCUT2D eigenvalue weighted by Crippen LogP contribution is -2.15. The third kappa shape index (κ3) is 7.81. The number of allylic oxidation sites excluding steroid dienone is 2. The highest BCUT2D eigenvalue weighted by atomic mass is 35.5. The summed E-state index contributed by atoms with van der Waals surface area (Å²) in [6, 6.07) is 9.35. The Kier molecular flexibility index (Phi) is 10.8. The predicted octanol–water partition coefficient (Wildman–Crippen LogP) is 7.45. The highest BCUT2D eigenvalue weighted by Crippen LogP contribution is 2.48. The monoisotopic (exact) mass is 418 g/mol. The highest BCUT2D eigenvalue weighted by molar-refractivity contribution is 6.21. The van der Waals surface area contributed by atoms with Crippen molar-refractivity contribution in [2.45, 2.75) is 89.4 Å². The number of rotatable bonds is 12. The molecule has 0 aromatic heterocycles. The summed E-state index contributed by atoms with van der Waals surface area (Å²) in [7, 11) is 1.44. The Morgan fingerprint density at radius 1 is 1.14 bits per heavy atom. The summed E-state index contributed by atoms with van der Waals surface area (Å²) in [5, 5.41) is 0.239. The van der Waals surface area contributed by atoms with Crippen molar-refractivity contribution in [3.8, 4) is 0 Å². The fraction of sp³-hybridized carbons (Fsp3) is 0.654. The molecule has 1 saturated carbocycles. The van der Waals surface area contributed by atoms with Crippen LogP contribution in [0.1, 0.15) is 88.7 Å². The normalized spacial score (nSPS) is 24.3. The third-order valence-corrected chi connectivity index (χ3v) is 6.88. The van der Waals surface area contributed by atoms with Crippen LogP contribution in [-0.4, -0.2) is 18.5 Å². The lowest BCUT2D eigenvalue weighted by Gasteiger charge is -2.24. The van der Waals surface area contributed by atoms with Gasteiger partial charge in [-0.1, -0.05) is 69.5 Å². The zero-order valence-corrected chi connectivity index (χ0v) is 19.3. The number of benzene rings is 1. The van der Waals surface area contributed by atoms with E-state index in [9.17, 15) is 4.79 Å². The van der Waals surface area contributed by atoms with E-state index >= 15 is 0 Å². The van der Waals surface area contributed by atoms with E-state index in [0.717, 1.165) is 25.7 Å². The number of unbranched alkanes of at least 4 members (excludes halogenated alkanes) is 4. The van der Waals surface area contributed by atoms with Gasteiger partial charge in [-0.05, 0) is 67.4 Å². The van der Waals surface area contributed by atoms with Crippen LogP contribution < -0.4 is 0 Å². The second-order valence-electron chi connectivity index (χ2n) is 8.65. The third-order valence-electron chi connectivity index (χ3n) is 6.37. The first-order valence-corrected chi connectivity index (χ1v) is 11.9. The molecule has 1 fully saturated rings.